The van der Waals surface area contributed by atoms with Gasteiger partial charge in [-0.1, -0.05) is 6.92 Å². The van der Waals surface area contributed by atoms with Crippen LogP contribution in [0.15, 0.2) is 0 Å². The Morgan fingerprint density at radius 3 is 2.75 bits per heavy atom. The van der Waals surface area contributed by atoms with E-state index in [0.717, 1.165) is 19.5 Å². The summed E-state index contributed by atoms with van der Waals surface area (Å²) in [5.74, 6) is -0.452. The molecule has 7 heteroatoms. The second-order valence-electron chi connectivity index (χ2n) is 4.62. The van der Waals surface area contributed by atoms with Crippen LogP contribution in [0.25, 0.3) is 0 Å². The molecular weight excluding hydrogens is 278 g/mol. The lowest BCUT2D eigenvalue weighted by Gasteiger charge is -2.14. The van der Waals surface area contributed by atoms with Crippen molar-refractivity contribution in [2.75, 3.05) is 32.4 Å². The molecule has 0 aromatic rings. The zero-order chi connectivity index (χ0) is 15.0. The van der Waals surface area contributed by atoms with E-state index >= 15 is 0 Å². The Morgan fingerprint density at radius 1 is 1.40 bits per heavy atom. The molecule has 0 spiro atoms. The number of carbonyl (C=O) groups excluding carboxylic acids is 3. The Balaban J connectivity index is 2.21. The largest absolute Gasteiger partial charge is 0.356 e. The van der Waals surface area contributed by atoms with Gasteiger partial charge in [0.05, 0.1) is 5.25 Å². The lowest BCUT2D eigenvalue weighted by Crippen LogP contribution is -2.36. The lowest BCUT2D eigenvalue weighted by atomic mass is 10.3. The Hall–Kier alpha value is -1.08. The van der Waals surface area contributed by atoms with Crippen molar-refractivity contribution < 1.29 is 14.4 Å². The van der Waals surface area contributed by atoms with Gasteiger partial charge in [0.25, 0.3) is 0 Å². The zero-order valence-electron chi connectivity index (χ0n) is 12.1. The van der Waals surface area contributed by atoms with Crippen LogP contribution in [0, 0.1) is 0 Å². The quantitative estimate of drug-likeness (QED) is 0.462. The molecule has 1 aliphatic rings. The van der Waals surface area contributed by atoms with E-state index in [4.69, 9.17) is 0 Å². The van der Waals surface area contributed by atoms with Crippen molar-refractivity contribution in [3.63, 3.8) is 0 Å². The van der Waals surface area contributed by atoms with Gasteiger partial charge in [-0.15, -0.1) is 0 Å². The first-order valence-corrected chi connectivity index (χ1v) is 8.23. The van der Waals surface area contributed by atoms with Gasteiger partial charge < -0.3 is 10.6 Å². The molecule has 1 unspecified atom stereocenters. The summed E-state index contributed by atoms with van der Waals surface area (Å²) in [6, 6.07) is 0. The summed E-state index contributed by atoms with van der Waals surface area (Å²) < 4.78 is 0. The topological polar surface area (TPSA) is 78.5 Å². The van der Waals surface area contributed by atoms with E-state index in [0.29, 0.717) is 6.54 Å². The first-order chi connectivity index (χ1) is 9.60. The Kier molecular flexibility index (Phi) is 7.61. The van der Waals surface area contributed by atoms with Crippen molar-refractivity contribution >= 4 is 29.5 Å². The molecule has 2 N–H and O–H groups in total. The molecule has 3 amide bonds. The van der Waals surface area contributed by atoms with E-state index in [-0.39, 0.29) is 42.4 Å². The van der Waals surface area contributed by atoms with Crippen molar-refractivity contribution in [2.24, 2.45) is 0 Å². The lowest BCUT2D eigenvalue weighted by molar-refractivity contribution is -0.138. The maximum atomic E-state index is 11.8. The summed E-state index contributed by atoms with van der Waals surface area (Å²) in [5, 5.41) is 5.68. The van der Waals surface area contributed by atoms with E-state index < -0.39 is 0 Å². The van der Waals surface area contributed by atoms with E-state index in [1.807, 2.05) is 13.2 Å². The van der Waals surface area contributed by atoms with Crippen molar-refractivity contribution in [1.82, 2.24) is 15.5 Å². The summed E-state index contributed by atoms with van der Waals surface area (Å²) in [5.41, 5.74) is 0. The van der Waals surface area contributed by atoms with Gasteiger partial charge in [-0.3, -0.25) is 19.3 Å². The van der Waals surface area contributed by atoms with Crippen molar-refractivity contribution in [1.29, 1.82) is 0 Å². The van der Waals surface area contributed by atoms with Crippen molar-refractivity contribution in [3.05, 3.63) is 0 Å². The van der Waals surface area contributed by atoms with Gasteiger partial charge in [0, 0.05) is 25.9 Å². The van der Waals surface area contributed by atoms with Crippen LogP contribution >= 0.6 is 11.8 Å². The number of hydrogen-bond donors (Lipinski definition) is 2. The second-order valence-corrected chi connectivity index (χ2v) is 5.66. The first kappa shape index (κ1) is 17.0. The molecule has 0 aromatic carbocycles. The van der Waals surface area contributed by atoms with Crippen LogP contribution in [0.1, 0.15) is 26.2 Å². The third-order valence-corrected chi connectivity index (χ3v) is 4.09. The van der Waals surface area contributed by atoms with Gasteiger partial charge in [-0.2, -0.15) is 11.8 Å². The van der Waals surface area contributed by atoms with E-state index in [2.05, 4.69) is 10.6 Å². The number of nitrogens with zero attached hydrogens (tertiary/aromatic N) is 1. The minimum absolute atomic E-state index is 0.116. The average Bonchev–Trinajstić information content (AvgIpc) is 2.71. The van der Waals surface area contributed by atoms with Gasteiger partial charge in [-0.05, 0) is 25.8 Å². The summed E-state index contributed by atoms with van der Waals surface area (Å²) in [6.07, 6.45) is 3.12. The highest BCUT2D eigenvalue weighted by molar-refractivity contribution is 8.00. The fourth-order valence-electron chi connectivity index (χ4n) is 1.99. The van der Waals surface area contributed by atoms with Crippen LogP contribution in [0.3, 0.4) is 0 Å². The SMILES string of the molecule is CCNCCCNC(=O)CCN1C(=O)CC(SC)C1=O. The van der Waals surface area contributed by atoms with Gasteiger partial charge in [-0.25, -0.2) is 0 Å². The van der Waals surface area contributed by atoms with Gasteiger partial charge in [0.2, 0.25) is 17.7 Å². The standard InChI is InChI=1S/C13H23N3O3S/c1-3-14-6-4-7-15-11(17)5-8-16-12(18)9-10(20-2)13(16)19/h10,14H,3-9H2,1-2H3,(H,15,17). The molecule has 0 bridgehead atoms. The van der Waals surface area contributed by atoms with Crippen LogP contribution < -0.4 is 10.6 Å². The molecule has 0 aliphatic carbocycles. The molecule has 114 valence electrons. The molecular formula is C13H23N3O3S. The maximum absolute atomic E-state index is 11.8. The maximum Gasteiger partial charge on any atom is 0.242 e. The molecule has 1 aliphatic heterocycles. The fourth-order valence-corrected chi connectivity index (χ4v) is 2.63. The fraction of sp³-hybridized carbons (Fsp3) is 0.769. The first-order valence-electron chi connectivity index (χ1n) is 6.94. The number of thioether (sulfide) groups is 1. The van der Waals surface area contributed by atoms with Crippen molar-refractivity contribution in [3.8, 4) is 0 Å². The number of likely N-dealkylation sites (tertiary alicyclic amines) is 1. The molecule has 0 aromatic heterocycles. The molecule has 1 fully saturated rings. The molecule has 1 atom stereocenters. The molecule has 1 heterocycles. The normalized spacial score (nSPS) is 18.7. The molecule has 0 saturated carbocycles. The predicted molar refractivity (Wildman–Crippen MR) is 79.4 cm³/mol. The highest BCUT2D eigenvalue weighted by atomic mass is 32.2. The second kappa shape index (κ2) is 8.97. The molecule has 6 nitrogen and oxygen atoms in total. The van der Waals surface area contributed by atoms with E-state index in [9.17, 15) is 14.4 Å². The number of nitrogens with one attached hydrogen (secondary N) is 2. The summed E-state index contributed by atoms with van der Waals surface area (Å²) in [7, 11) is 0. The smallest absolute Gasteiger partial charge is 0.242 e. The number of rotatable bonds is 9. The highest BCUT2D eigenvalue weighted by Gasteiger charge is 2.37. The van der Waals surface area contributed by atoms with Crippen LogP contribution in [-0.4, -0.2) is 60.3 Å². The van der Waals surface area contributed by atoms with Crippen molar-refractivity contribution in [2.45, 2.75) is 31.4 Å². The molecule has 1 saturated heterocycles. The van der Waals surface area contributed by atoms with Crippen LogP contribution in [0.5, 0.6) is 0 Å². The Bertz CT molecular complexity index is 363. The summed E-state index contributed by atoms with van der Waals surface area (Å²) in [6.45, 7) is 4.62. The van der Waals surface area contributed by atoms with Gasteiger partial charge in [0.15, 0.2) is 0 Å². The van der Waals surface area contributed by atoms with Crippen LogP contribution in [0.2, 0.25) is 0 Å². The van der Waals surface area contributed by atoms with E-state index in [1.54, 1.807) is 0 Å². The number of imide groups is 1. The number of hydrogen-bond acceptors (Lipinski definition) is 5. The summed E-state index contributed by atoms with van der Waals surface area (Å²) in [4.78, 5) is 36.3. The predicted octanol–water partition coefficient (Wildman–Crippen LogP) is -0.0172. The summed E-state index contributed by atoms with van der Waals surface area (Å²) >= 11 is 1.38. The van der Waals surface area contributed by atoms with Crippen LogP contribution in [-0.2, 0) is 14.4 Å². The number of carbonyl (C=O) groups is 3. The highest BCUT2D eigenvalue weighted by Crippen LogP contribution is 2.22. The number of amides is 3. The zero-order valence-corrected chi connectivity index (χ0v) is 12.9. The Morgan fingerprint density at radius 2 is 2.15 bits per heavy atom. The molecule has 20 heavy (non-hydrogen) atoms. The third kappa shape index (κ3) is 5.13. The third-order valence-electron chi connectivity index (χ3n) is 3.15. The van der Waals surface area contributed by atoms with E-state index in [1.165, 1.54) is 16.7 Å². The minimum Gasteiger partial charge on any atom is -0.356 e. The van der Waals surface area contributed by atoms with Gasteiger partial charge in [0.1, 0.15) is 0 Å². The van der Waals surface area contributed by atoms with Crippen LogP contribution in [0.4, 0.5) is 0 Å². The Labute approximate surface area is 124 Å². The average molecular weight is 301 g/mol. The monoisotopic (exact) mass is 301 g/mol. The van der Waals surface area contributed by atoms with Gasteiger partial charge >= 0.3 is 0 Å². The minimum atomic E-state index is -0.273. The molecule has 1 rings (SSSR count). The molecule has 0 radical (unpaired) electrons.